The highest BCUT2D eigenvalue weighted by Gasteiger charge is 2.48. The van der Waals surface area contributed by atoms with Crippen molar-refractivity contribution >= 4 is 17.8 Å². The number of nitrogens with one attached hydrogen (secondary N) is 4. The Bertz CT molecular complexity index is 578. The maximum absolute atomic E-state index is 12.9. The second kappa shape index (κ2) is 7.18. The molecule has 2 aliphatic heterocycles. The van der Waals surface area contributed by atoms with Gasteiger partial charge >= 0.3 is 6.03 Å². The minimum Gasteiger partial charge on any atom is -0.353 e. The summed E-state index contributed by atoms with van der Waals surface area (Å²) < 4.78 is 0. The van der Waals surface area contributed by atoms with E-state index in [1.807, 2.05) is 6.92 Å². The highest BCUT2D eigenvalue weighted by atomic mass is 16.2. The van der Waals surface area contributed by atoms with Crippen LogP contribution in [0.25, 0.3) is 0 Å². The Morgan fingerprint density at radius 3 is 2.38 bits per heavy atom. The zero-order valence-corrected chi connectivity index (χ0v) is 16.2. The fourth-order valence-corrected chi connectivity index (χ4v) is 4.76. The van der Waals surface area contributed by atoms with Crippen molar-refractivity contribution in [2.24, 2.45) is 23.2 Å². The first-order valence-corrected chi connectivity index (χ1v) is 9.83. The molecule has 4 unspecified atom stereocenters. The highest BCUT2D eigenvalue weighted by Crippen LogP contribution is 2.38. The summed E-state index contributed by atoms with van der Waals surface area (Å²) in [6.45, 7) is 8.82. The van der Waals surface area contributed by atoms with E-state index in [9.17, 15) is 14.4 Å². The molecule has 1 aliphatic carbocycles. The smallest absolute Gasteiger partial charge is 0.322 e. The van der Waals surface area contributed by atoms with Gasteiger partial charge in [-0.25, -0.2) is 4.79 Å². The number of carbonyl (C=O) groups excluding carboxylic acids is 3. The third-order valence-corrected chi connectivity index (χ3v) is 6.33. The van der Waals surface area contributed by atoms with E-state index in [0.717, 1.165) is 25.7 Å². The van der Waals surface area contributed by atoms with Gasteiger partial charge in [0.15, 0.2) is 0 Å². The molecule has 26 heavy (non-hydrogen) atoms. The normalized spacial score (nSPS) is 38.0. The van der Waals surface area contributed by atoms with Crippen LogP contribution in [0.5, 0.6) is 0 Å². The van der Waals surface area contributed by atoms with Crippen LogP contribution in [0.1, 0.15) is 59.8 Å². The van der Waals surface area contributed by atoms with Gasteiger partial charge in [0.25, 0.3) is 0 Å². The van der Waals surface area contributed by atoms with Crippen LogP contribution in [0.15, 0.2) is 0 Å². The summed E-state index contributed by atoms with van der Waals surface area (Å²) in [6, 6.07) is -0.252. The second-order valence-corrected chi connectivity index (χ2v) is 9.30. The van der Waals surface area contributed by atoms with Gasteiger partial charge in [-0.15, -0.1) is 0 Å². The molecular formula is C19H32N4O3. The van der Waals surface area contributed by atoms with Crippen LogP contribution < -0.4 is 21.3 Å². The number of hydrogen-bond donors (Lipinski definition) is 4. The molecule has 2 heterocycles. The van der Waals surface area contributed by atoms with E-state index in [4.69, 9.17) is 0 Å². The standard InChI is InChI=1S/C19H32N4O3/c1-10-9-13(14-15(20-10)22-18(26)23-17(14)25)16(24)21-12-7-5-11(6-8-12)19(2,3)4/h10-15,20H,5-9H2,1-4H3,(H,21,24)(H2,22,23,25,26). The minimum absolute atomic E-state index is 0.0566. The van der Waals surface area contributed by atoms with E-state index in [0.29, 0.717) is 17.8 Å². The average molecular weight is 364 g/mol. The number of amides is 4. The predicted molar refractivity (Wildman–Crippen MR) is 98.0 cm³/mol. The summed E-state index contributed by atoms with van der Waals surface area (Å²) in [5, 5.41) is 11.4. The molecule has 3 fully saturated rings. The number of imide groups is 1. The summed E-state index contributed by atoms with van der Waals surface area (Å²) in [5.41, 5.74) is 0.311. The molecule has 4 amide bonds. The van der Waals surface area contributed by atoms with Gasteiger partial charge < -0.3 is 10.6 Å². The molecule has 146 valence electrons. The second-order valence-electron chi connectivity index (χ2n) is 9.30. The number of hydrogen-bond acceptors (Lipinski definition) is 4. The average Bonchev–Trinajstić information content (AvgIpc) is 2.53. The third kappa shape index (κ3) is 4.03. The molecule has 0 aromatic carbocycles. The van der Waals surface area contributed by atoms with Crippen LogP contribution in [0, 0.1) is 23.2 Å². The molecule has 2 saturated heterocycles. The third-order valence-electron chi connectivity index (χ3n) is 6.33. The Morgan fingerprint density at radius 1 is 1.12 bits per heavy atom. The maximum Gasteiger partial charge on any atom is 0.322 e. The molecule has 0 bridgehead atoms. The Balaban J connectivity index is 1.62. The summed E-state index contributed by atoms with van der Waals surface area (Å²) in [7, 11) is 0. The van der Waals surface area contributed by atoms with Crippen molar-refractivity contribution in [3.63, 3.8) is 0 Å². The molecular weight excluding hydrogens is 332 g/mol. The lowest BCUT2D eigenvalue weighted by Crippen LogP contribution is -2.70. The van der Waals surface area contributed by atoms with E-state index in [-0.39, 0.29) is 23.9 Å². The highest BCUT2D eigenvalue weighted by molar-refractivity contribution is 6.00. The summed E-state index contributed by atoms with van der Waals surface area (Å²) in [4.78, 5) is 36.8. The molecule has 7 heteroatoms. The van der Waals surface area contributed by atoms with Crippen LogP contribution >= 0.6 is 0 Å². The Kier molecular flexibility index (Phi) is 5.28. The van der Waals surface area contributed by atoms with Crippen LogP contribution in [0.4, 0.5) is 4.79 Å². The molecule has 3 rings (SSSR count). The van der Waals surface area contributed by atoms with E-state index in [1.165, 1.54) is 0 Å². The van der Waals surface area contributed by atoms with Gasteiger partial charge in [-0.2, -0.15) is 0 Å². The number of rotatable bonds is 2. The Morgan fingerprint density at radius 2 is 1.77 bits per heavy atom. The number of fused-ring (bicyclic) bond motifs is 1. The van der Waals surface area contributed by atoms with Crippen molar-refractivity contribution in [3.8, 4) is 0 Å². The van der Waals surface area contributed by atoms with Crippen LogP contribution in [0.2, 0.25) is 0 Å². The van der Waals surface area contributed by atoms with Crippen LogP contribution in [0.3, 0.4) is 0 Å². The minimum atomic E-state index is -0.560. The van der Waals surface area contributed by atoms with Gasteiger partial charge in [-0.05, 0) is 50.4 Å². The molecule has 4 atom stereocenters. The first-order chi connectivity index (χ1) is 12.1. The number of piperidine rings is 1. The fourth-order valence-electron chi connectivity index (χ4n) is 4.76. The molecule has 7 nitrogen and oxygen atoms in total. The van der Waals surface area contributed by atoms with Crippen LogP contribution in [-0.2, 0) is 9.59 Å². The van der Waals surface area contributed by atoms with Gasteiger partial charge in [0.05, 0.1) is 18.0 Å². The molecule has 0 aromatic rings. The lowest BCUT2D eigenvalue weighted by atomic mass is 9.71. The molecule has 3 aliphatic rings. The fraction of sp³-hybridized carbons (Fsp3) is 0.842. The van der Waals surface area contributed by atoms with Crippen LogP contribution in [-0.4, -0.2) is 36.1 Å². The van der Waals surface area contributed by atoms with Crippen molar-refractivity contribution in [1.82, 2.24) is 21.3 Å². The molecule has 0 radical (unpaired) electrons. The quantitative estimate of drug-likeness (QED) is 0.596. The summed E-state index contributed by atoms with van der Waals surface area (Å²) >= 11 is 0. The first-order valence-electron chi connectivity index (χ1n) is 9.83. The van der Waals surface area contributed by atoms with Gasteiger partial charge in [-0.1, -0.05) is 20.8 Å². The van der Waals surface area contributed by atoms with Crippen molar-refractivity contribution in [3.05, 3.63) is 0 Å². The van der Waals surface area contributed by atoms with Gasteiger partial charge in [-0.3, -0.25) is 20.2 Å². The van der Waals surface area contributed by atoms with Gasteiger partial charge in [0.2, 0.25) is 11.8 Å². The number of urea groups is 1. The van der Waals surface area contributed by atoms with E-state index in [2.05, 4.69) is 42.0 Å². The Labute approximate surface area is 155 Å². The van der Waals surface area contributed by atoms with E-state index in [1.54, 1.807) is 0 Å². The summed E-state index contributed by atoms with van der Waals surface area (Å²) in [5.74, 6) is -0.709. The van der Waals surface area contributed by atoms with E-state index >= 15 is 0 Å². The van der Waals surface area contributed by atoms with Crippen molar-refractivity contribution in [1.29, 1.82) is 0 Å². The molecule has 0 aromatic heterocycles. The van der Waals surface area contributed by atoms with Crippen molar-refractivity contribution in [2.75, 3.05) is 0 Å². The molecule has 0 spiro atoms. The first kappa shape index (κ1) is 19.1. The number of carbonyl (C=O) groups is 3. The summed E-state index contributed by atoms with van der Waals surface area (Å²) in [6.07, 6.45) is 4.34. The molecule has 1 saturated carbocycles. The Hall–Kier alpha value is -1.63. The lowest BCUT2D eigenvalue weighted by molar-refractivity contribution is -0.139. The zero-order chi connectivity index (χ0) is 19.1. The van der Waals surface area contributed by atoms with Crippen molar-refractivity contribution < 1.29 is 14.4 Å². The monoisotopic (exact) mass is 364 g/mol. The SMILES string of the molecule is CC1CC(C(=O)NC2CCC(C(C)(C)C)CC2)C2C(=O)NC(=O)NC2N1. The largest absolute Gasteiger partial charge is 0.353 e. The van der Waals surface area contributed by atoms with Gasteiger partial charge in [0, 0.05) is 12.1 Å². The maximum atomic E-state index is 12.9. The zero-order valence-electron chi connectivity index (χ0n) is 16.2. The predicted octanol–water partition coefficient (Wildman–Crippen LogP) is 1.49. The molecule has 4 N–H and O–H groups in total. The topological polar surface area (TPSA) is 99.3 Å². The van der Waals surface area contributed by atoms with E-state index < -0.39 is 24.0 Å². The van der Waals surface area contributed by atoms with Crippen molar-refractivity contribution in [2.45, 2.75) is 78.0 Å². The van der Waals surface area contributed by atoms with Gasteiger partial charge in [0.1, 0.15) is 0 Å². The lowest BCUT2D eigenvalue weighted by Gasteiger charge is -2.43.